The molecule has 0 bridgehead atoms. The molecule has 0 radical (unpaired) electrons. The number of rotatable bonds is 2. The molecule has 0 spiro atoms. The van der Waals surface area contributed by atoms with Crippen LogP contribution in [0.1, 0.15) is 11.1 Å². The Bertz CT molecular complexity index is 580. The van der Waals surface area contributed by atoms with Crippen LogP contribution in [0.15, 0.2) is 46.9 Å². The van der Waals surface area contributed by atoms with Crippen molar-refractivity contribution >= 4 is 27.3 Å². The maximum Gasteiger partial charge on any atom is 0.0430 e. The van der Waals surface area contributed by atoms with Gasteiger partial charge in [0.05, 0.1) is 0 Å². The molecule has 2 aromatic rings. The van der Waals surface area contributed by atoms with Crippen LogP contribution >= 0.6 is 15.9 Å². The van der Waals surface area contributed by atoms with E-state index in [1.807, 2.05) is 6.07 Å². The topological polar surface area (TPSA) is 29.3 Å². The Morgan fingerprint density at radius 3 is 2.89 bits per heavy atom. The van der Waals surface area contributed by atoms with Crippen LogP contribution in [-0.2, 0) is 13.0 Å². The molecule has 0 fully saturated rings. The summed E-state index contributed by atoms with van der Waals surface area (Å²) in [6, 6.07) is 14.7. The van der Waals surface area contributed by atoms with E-state index in [-0.39, 0.29) is 0 Å². The highest BCUT2D eigenvalue weighted by molar-refractivity contribution is 9.10. The first-order valence-electron chi connectivity index (χ1n) is 6.10. The van der Waals surface area contributed by atoms with E-state index in [1.54, 1.807) is 0 Å². The third kappa shape index (κ3) is 2.23. The van der Waals surface area contributed by atoms with Crippen LogP contribution in [0.2, 0.25) is 0 Å². The average Bonchev–Trinajstić information content (AvgIpc) is 2.72. The number of hydrogen-bond donors (Lipinski definition) is 1. The Hall–Kier alpha value is -1.48. The first-order valence-corrected chi connectivity index (χ1v) is 6.89. The summed E-state index contributed by atoms with van der Waals surface area (Å²) >= 11 is 3.52. The van der Waals surface area contributed by atoms with E-state index in [1.165, 1.54) is 16.8 Å². The summed E-state index contributed by atoms with van der Waals surface area (Å²) < 4.78 is 1.13. The van der Waals surface area contributed by atoms with Gasteiger partial charge < -0.3 is 10.6 Å². The molecule has 0 saturated heterocycles. The van der Waals surface area contributed by atoms with Crippen LogP contribution in [-0.4, -0.2) is 6.54 Å². The van der Waals surface area contributed by atoms with Gasteiger partial charge in [0.15, 0.2) is 0 Å². The zero-order valence-corrected chi connectivity index (χ0v) is 11.7. The summed E-state index contributed by atoms with van der Waals surface area (Å²) in [6.07, 6.45) is 1.11. The molecular weight excluding hydrogens is 288 g/mol. The highest BCUT2D eigenvalue weighted by Gasteiger charge is 2.19. The summed E-state index contributed by atoms with van der Waals surface area (Å²) in [7, 11) is 0. The smallest absolute Gasteiger partial charge is 0.0430 e. The van der Waals surface area contributed by atoms with Gasteiger partial charge in [-0.3, -0.25) is 0 Å². The van der Waals surface area contributed by atoms with Gasteiger partial charge in [-0.15, -0.1) is 0 Å². The van der Waals surface area contributed by atoms with Crippen molar-refractivity contribution in [1.29, 1.82) is 0 Å². The van der Waals surface area contributed by atoms with Gasteiger partial charge in [0.1, 0.15) is 0 Å². The van der Waals surface area contributed by atoms with Crippen molar-refractivity contribution in [1.82, 2.24) is 0 Å². The molecule has 0 amide bonds. The highest BCUT2D eigenvalue weighted by Crippen LogP contribution is 2.31. The lowest BCUT2D eigenvalue weighted by atomic mass is 10.1. The van der Waals surface area contributed by atoms with Gasteiger partial charge in [-0.05, 0) is 41.8 Å². The number of halogens is 1. The monoisotopic (exact) mass is 302 g/mol. The van der Waals surface area contributed by atoms with Crippen LogP contribution < -0.4 is 10.6 Å². The van der Waals surface area contributed by atoms with E-state index in [0.717, 1.165) is 29.7 Å². The van der Waals surface area contributed by atoms with E-state index in [0.29, 0.717) is 0 Å². The second kappa shape index (κ2) is 4.65. The maximum atomic E-state index is 5.88. The van der Waals surface area contributed by atoms with Crippen LogP contribution in [0.25, 0.3) is 0 Å². The van der Waals surface area contributed by atoms with Crippen LogP contribution in [0.3, 0.4) is 0 Å². The summed E-state index contributed by atoms with van der Waals surface area (Å²) in [4.78, 5) is 2.40. The van der Waals surface area contributed by atoms with E-state index in [2.05, 4.69) is 57.2 Å². The summed E-state index contributed by atoms with van der Waals surface area (Å²) in [6.45, 7) is 2.02. The number of nitrogen functional groups attached to an aromatic ring is 1. The molecular formula is C15H15BrN2. The molecule has 92 valence electrons. The van der Waals surface area contributed by atoms with Crippen molar-refractivity contribution in [2.45, 2.75) is 13.0 Å². The van der Waals surface area contributed by atoms with Gasteiger partial charge in [0.25, 0.3) is 0 Å². The molecule has 0 aromatic heterocycles. The number of benzene rings is 2. The minimum atomic E-state index is 0.842. The van der Waals surface area contributed by atoms with Gasteiger partial charge in [0, 0.05) is 28.9 Å². The largest absolute Gasteiger partial charge is 0.399 e. The van der Waals surface area contributed by atoms with E-state index >= 15 is 0 Å². The molecule has 2 N–H and O–H groups in total. The SMILES string of the molecule is Nc1ccc2c(c1)N(Cc1cccc(Br)c1)CC2. The van der Waals surface area contributed by atoms with Crippen molar-refractivity contribution in [3.8, 4) is 0 Å². The van der Waals surface area contributed by atoms with Crippen molar-refractivity contribution < 1.29 is 0 Å². The van der Waals surface area contributed by atoms with Crippen LogP contribution in [0, 0.1) is 0 Å². The maximum absolute atomic E-state index is 5.88. The van der Waals surface area contributed by atoms with Gasteiger partial charge in [0.2, 0.25) is 0 Å². The Morgan fingerprint density at radius 2 is 2.06 bits per heavy atom. The zero-order chi connectivity index (χ0) is 12.5. The minimum Gasteiger partial charge on any atom is -0.399 e. The quantitative estimate of drug-likeness (QED) is 0.859. The van der Waals surface area contributed by atoms with Gasteiger partial charge >= 0.3 is 0 Å². The number of nitrogens with zero attached hydrogens (tertiary/aromatic N) is 1. The fraction of sp³-hybridized carbons (Fsp3) is 0.200. The molecule has 2 nitrogen and oxygen atoms in total. The van der Waals surface area contributed by atoms with Gasteiger partial charge in [-0.25, -0.2) is 0 Å². The molecule has 0 aliphatic carbocycles. The molecule has 1 aliphatic rings. The Morgan fingerprint density at radius 1 is 1.17 bits per heavy atom. The fourth-order valence-electron chi connectivity index (χ4n) is 2.48. The second-order valence-corrected chi connectivity index (χ2v) is 5.61. The first-order chi connectivity index (χ1) is 8.72. The van der Waals surface area contributed by atoms with Crippen LogP contribution in [0.4, 0.5) is 11.4 Å². The highest BCUT2D eigenvalue weighted by atomic mass is 79.9. The van der Waals surface area contributed by atoms with Crippen LogP contribution in [0.5, 0.6) is 0 Å². The Kier molecular flexibility index (Phi) is 3.00. The van der Waals surface area contributed by atoms with Crippen molar-refractivity contribution in [3.63, 3.8) is 0 Å². The zero-order valence-electron chi connectivity index (χ0n) is 10.1. The second-order valence-electron chi connectivity index (χ2n) is 4.69. The number of anilines is 2. The molecule has 3 rings (SSSR count). The molecule has 1 heterocycles. The van der Waals surface area contributed by atoms with Crippen molar-refractivity contribution in [2.24, 2.45) is 0 Å². The fourth-order valence-corrected chi connectivity index (χ4v) is 2.93. The lowest BCUT2D eigenvalue weighted by Crippen LogP contribution is -2.19. The third-order valence-electron chi connectivity index (χ3n) is 3.36. The lowest BCUT2D eigenvalue weighted by molar-refractivity contribution is 0.836. The molecule has 18 heavy (non-hydrogen) atoms. The third-order valence-corrected chi connectivity index (χ3v) is 3.86. The lowest BCUT2D eigenvalue weighted by Gasteiger charge is -2.20. The average molecular weight is 303 g/mol. The first kappa shape index (κ1) is 11.6. The molecule has 2 aromatic carbocycles. The number of nitrogens with two attached hydrogens (primary N) is 1. The van der Waals surface area contributed by atoms with E-state index < -0.39 is 0 Å². The predicted molar refractivity (Wildman–Crippen MR) is 79.8 cm³/mol. The Labute approximate surface area is 116 Å². The molecule has 0 unspecified atom stereocenters. The Balaban J connectivity index is 1.86. The predicted octanol–water partition coefficient (Wildman–Crippen LogP) is 3.59. The number of hydrogen-bond acceptors (Lipinski definition) is 2. The summed E-state index contributed by atoms with van der Waals surface area (Å²) in [5.74, 6) is 0. The van der Waals surface area contributed by atoms with Gasteiger partial charge in [-0.1, -0.05) is 34.1 Å². The minimum absolute atomic E-state index is 0.842. The molecule has 3 heteroatoms. The van der Waals surface area contributed by atoms with Crippen molar-refractivity contribution in [3.05, 3.63) is 58.1 Å². The van der Waals surface area contributed by atoms with E-state index in [4.69, 9.17) is 5.73 Å². The molecule has 0 atom stereocenters. The summed E-state index contributed by atoms with van der Waals surface area (Å²) in [5.41, 5.74) is 10.7. The molecule has 0 saturated carbocycles. The normalized spacial score (nSPS) is 13.7. The summed E-state index contributed by atoms with van der Waals surface area (Å²) in [5, 5.41) is 0. The van der Waals surface area contributed by atoms with Gasteiger partial charge in [-0.2, -0.15) is 0 Å². The van der Waals surface area contributed by atoms with E-state index in [9.17, 15) is 0 Å². The standard InChI is InChI=1S/C15H15BrN2/c16-13-3-1-2-11(8-13)10-18-7-6-12-4-5-14(17)9-15(12)18/h1-5,8-9H,6-7,10,17H2. The number of fused-ring (bicyclic) bond motifs is 1. The molecule has 1 aliphatic heterocycles. The van der Waals surface area contributed by atoms with Crippen molar-refractivity contribution in [2.75, 3.05) is 17.2 Å².